The molecule has 0 aliphatic heterocycles. The van der Waals surface area contributed by atoms with Crippen molar-refractivity contribution < 1.29 is 4.92 Å². The zero-order valence-corrected chi connectivity index (χ0v) is 13.0. The number of nitrogens with zero attached hydrogens (tertiary/aromatic N) is 1. The summed E-state index contributed by atoms with van der Waals surface area (Å²) >= 11 is 9.45. The summed E-state index contributed by atoms with van der Waals surface area (Å²) < 4.78 is 0.775. The average molecular weight is 356 g/mol. The maximum absolute atomic E-state index is 11.0. The smallest absolute Gasteiger partial charge is 0.292 e. The Hall–Kier alpha value is -1.59. The molecule has 0 amide bonds. The van der Waals surface area contributed by atoms with Crippen molar-refractivity contribution in [2.45, 2.75) is 13.0 Å². The highest BCUT2D eigenvalue weighted by Gasteiger charge is 2.17. The van der Waals surface area contributed by atoms with Crippen LogP contribution in [0.1, 0.15) is 18.5 Å². The van der Waals surface area contributed by atoms with Crippen molar-refractivity contribution in [1.82, 2.24) is 0 Å². The van der Waals surface area contributed by atoms with E-state index in [2.05, 4.69) is 21.2 Å². The minimum atomic E-state index is -0.409. The van der Waals surface area contributed by atoms with E-state index < -0.39 is 4.92 Å². The van der Waals surface area contributed by atoms with Crippen LogP contribution in [0.15, 0.2) is 46.9 Å². The van der Waals surface area contributed by atoms with Gasteiger partial charge in [-0.25, -0.2) is 0 Å². The van der Waals surface area contributed by atoms with Gasteiger partial charge in [-0.2, -0.15) is 0 Å². The molecule has 0 aliphatic rings. The van der Waals surface area contributed by atoms with Gasteiger partial charge in [-0.05, 0) is 30.7 Å². The fraction of sp³-hybridized carbons (Fsp3) is 0.143. The first-order valence-corrected chi connectivity index (χ1v) is 7.11. The van der Waals surface area contributed by atoms with Crippen molar-refractivity contribution in [3.05, 3.63) is 67.6 Å². The van der Waals surface area contributed by atoms with Crippen molar-refractivity contribution in [1.29, 1.82) is 0 Å². The summed E-state index contributed by atoms with van der Waals surface area (Å²) in [6.07, 6.45) is 0. The van der Waals surface area contributed by atoms with Gasteiger partial charge in [0.05, 0.1) is 11.0 Å². The van der Waals surface area contributed by atoms with Crippen LogP contribution in [0.4, 0.5) is 11.4 Å². The van der Waals surface area contributed by atoms with Crippen molar-refractivity contribution in [3.8, 4) is 0 Å². The summed E-state index contributed by atoms with van der Waals surface area (Å²) in [5.41, 5.74) is 1.38. The van der Waals surface area contributed by atoms with E-state index in [4.69, 9.17) is 11.6 Å². The zero-order chi connectivity index (χ0) is 14.7. The zero-order valence-electron chi connectivity index (χ0n) is 10.6. The number of nitrogens with one attached hydrogen (secondary N) is 1. The Morgan fingerprint density at radius 1 is 1.30 bits per heavy atom. The fourth-order valence-electron chi connectivity index (χ4n) is 1.92. The van der Waals surface area contributed by atoms with Gasteiger partial charge in [0.25, 0.3) is 5.69 Å². The maximum Gasteiger partial charge on any atom is 0.292 e. The van der Waals surface area contributed by atoms with Gasteiger partial charge < -0.3 is 5.32 Å². The summed E-state index contributed by atoms with van der Waals surface area (Å²) in [5.74, 6) is 0. The molecule has 0 aromatic heterocycles. The molecule has 1 N–H and O–H groups in total. The van der Waals surface area contributed by atoms with Crippen molar-refractivity contribution >= 4 is 38.9 Å². The second-order valence-corrected chi connectivity index (χ2v) is 5.63. The highest BCUT2D eigenvalue weighted by Crippen LogP contribution is 2.32. The Bertz CT molecular complexity index is 649. The summed E-state index contributed by atoms with van der Waals surface area (Å²) in [5, 5.41) is 14.8. The van der Waals surface area contributed by atoms with Crippen LogP contribution < -0.4 is 5.32 Å². The first-order chi connectivity index (χ1) is 9.49. The molecule has 2 aromatic carbocycles. The molecule has 0 heterocycles. The second-order valence-electron chi connectivity index (χ2n) is 4.31. The minimum Gasteiger partial charge on any atom is -0.373 e. The van der Waals surface area contributed by atoms with Crippen LogP contribution in [-0.2, 0) is 0 Å². The van der Waals surface area contributed by atoms with E-state index in [-0.39, 0.29) is 11.7 Å². The molecule has 0 radical (unpaired) electrons. The SMILES string of the molecule is CC(Nc1cc(Br)ccc1[N+](=O)[O-])c1ccccc1Cl. The molecule has 20 heavy (non-hydrogen) atoms. The number of anilines is 1. The third-order valence-corrected chi connectivity index (χ3v) is 3.74. The first-order valence-electron chi connectivity index (χ1n) is 5.94. The third-order valence-electron chi connectivity index (χ3n) is 2.90. The maximum atomic E-state index is 11.0. The molecule has 0 fully saturated rings. The molecule has 6 heteroatoms. The molecule has 0 saturated heterocycles. The molecule has 0 saturated carbocycles. The van der Waals surface area contributed by atoms with Gasteiger partial charge in [0.2, 0.25) is 0 Å². The summed E-state index contributed by atoms with van der Waals surface area (Å²) in [6, 6.07) is 12.1. The van der Waals surface area contributed by atoms with E-state index in [1.165, 1.54) is 6.07 Å². The normalized spacial score (nSPS) is 11.9. The number of nitro groups is 1. The Morgan fingerprint density at radius 3 is 2.65 bits per heavy atom. The number of halogens is 2. The molecule has 2 rings (SSSR count). The van der Waals surface area contributed by atoms with Crippen LogP contribution in [0.25, 0.3) is 0 Å². The topological polar surface area (TPSA) is 55.2 Å². The van der Waals surface area contributed by atoms with Gasteiger partial charge >= 0.3 is 0 Å². The van der Waals surface area contributed by atoms with Crippen LogP contribution in [0.2, 0.25) is 5.02 Å². The fourth-order valence-corrected chi connectivity index (χ4v) is 2.58. The number of hydrogen-bond donors (Lipinski definition) is 1. The molecule has 1 atom stereocenters. The predicted molar refractivity (Wildman–Crippen MR) is 84.3 cm³/mol. The number of rotatable bonds is 4. The van der Waals surface area contributed by atoms with Crippen molar-refractivity contribution in [2.24, 2.45) is 0 Å². The van der Waals surface area contributed by atoms with E-state index in [0.717, 1.165) is 10.0 Å². The summed E-state index contributed by atoms with van der Waals surface area (Å²) in [4.78, 5) is 10.6. The summed E-state index contributed by atoms with van der Waals surface area (Å²) in [7, 11) is 0. The monoisotopic (exact) mass is 354 g/mol. The lowest BCUT2D eigenvalue weighted by Gasteiger charge is -2.17. The lowest BCUT2D eigenvalue weighted by Crippen LogP contribution is -2.08. The Morgan fingerprint density at radius 2 is 2.00 bits per heavy atom. The van der Waals surface area contributed by atoms with Gasteiger partial charge in [-0.1, -0.05) is 45.7 Å². The van der Waals surface area contributed by atoms with Crippen LogP contribution >= 0.6 is 27.5 Å². The Kier molecular flexibility index (Phi) is 4.62. The molecular formula is C14H12BrClN2O2. The Balaban J connectivity index is 2.32. The highest BCUT2D eigenvalue weighted by atomic mass is 79.9. The molecule has 4 nitrogen and oxygen atoms in total. The highest BCUT2D eigenvalue weighted by molar-refractivity contribution is 9.10. The largest absolute Gasteiger partial charge is 0.373 e. The molecule has 0 spiro atoms. The van der Waals surface area contributed by atoms with Crippen LogP contribution in [0.3, 0.4) is 0 Å². The molecular weight excluding hydrogens is 344 g/mol. The van der Waals surface area contributed by atoms with E-state index in [1.807, 2.05) is 25.1 Å². The van der Waals surface area contributed by atoms with Crippen LogP contribution in [0.5, 0.6) is 0 Å². The third kappa shape index (κ3) is 3.29. The number of nitro benzene ring substituents is 1. The van der Waals surface area contributed by atoms with E-state index in [0.29, 0.717) is 10.7 Å². The van der Waals surface area contributed by atoms with E-state index >= 15 is 0 Å². The molecule has 0 bridgehead atoms. The number of hydrogen-bond acceptors (Lipinski definition) is 3. The standard InChI is InChI=1S/C14H12BrClN2O2/c1-9(11-4-2-3-5-12(11)16)17-13-8-10(15)6-7-14(13)18(19)20/h2-9,17H,1H3. The van der Waals surface area contributed by atoms with Crippen molar-refractivity contribution in [3.63, 3.8) is 0 Å². The van der Waals surface area contributed by atoms with E-state index in [9.17, 15) is 10.1 Å². The van der Waals surface area contributed by atoms with Crippen molar-refractivity contribution in [2.75, 3.05) is 5.32 Å². The van der Waals surface area contributed by atoms with Crippen LogP contribution in [0, 0.1) is 10.1 Å². The van der Waals surface area contributed by atoms with Gasteiger partial charge in [-0.3, -0.25) is 10.1 Å². The second kappa shape index (κ2) is 6.24. The average Bonchev–Trinajstić information content (AvgIpc) is 2.38. The van der Waals surface area contributed by atoms with Gasteiger partial charge in [0, 0.05) is 15.6 Å². The first kappa shape index (κ1) is 14.8. The molecule has 1 unspecified atom stereocenters. The number of benzene rings is 2. The minimum absolute atomic E-state index is 0.0344. The lowest BCUT2D eigenvalue weighted by molar-refractivity contribution is -0.384. The molecule has 0 aliphatic carbocycles. The Labute approximate surface area is 130 Å². The molecule has 2 aromatic rings. The van der Waals surface area contributed by atoms with Gasteiger partial charge in [-0.15, -0.1) is 0 Å². The van der Waals surface area contributed by atoms with Crippen LogP contribution in [-0.4, -0.2) is 4.92 Å². The van der Waals surface area contributed by atoms with E-state index in [1.54, 1.807) is 18.2 Å². The predicted octanol–water partition coefficient (Wildman–Crippen LogP) is 5.18. The lowest BCUT2D eigenvalue weighted by atomic mass is 10.1. The summed E-state index contributed by atoms with van der Waals surface area (Å²) in [6.45, 7) is 1.91. The van der Waals surface area contributed by atoms with Gasteiger partial charge in [0.1, 0.15) is 5.69 Å². The molecule has 104 valence electrons. The van der Waals surface area contributed by atoms with Gasteiger partial charge in [0.15, 0.2) is 0 Å². The quantitative estimate of drug-likeness (QED) is 0.607.